The van der Waals surface area contributed by atoms with Gasteiger partial charge in [0.25, 0.3) is 11.8 Å². The van der Waals surface area contributed by atoms with Gasteiger partial charge in [-0.25, -0.2) is 0 Å². The van der Waals surface area contributed by atoms with Crippen LogP contribution in [0.1, 0.15) is 37.8 Å². The quantitative estimate of drug-likeness (QED) is 0.612. The van der Waals surface area contributed by atoms with E-state index in [9.17, 15) is 9.59 Å². The van der Waals surface area contributed by atoms with E-state index < -0.39 is 5.66 Å². The highest BCUT2D eigenvalue weighted by atomic mass is 16.5. The van der Waals surface area contributed by atoms with Crippen LogP contribution in [0, 0.1) is 19.3 Å². The Bertz CT molecular complexity index is 1230. The summed E-state index contributed by atoms with van der Waals surface area (Å²) in [6.07, 6.45) is 7.05. The van der Waals surface area contributed by atoms with Gasteiger partial charge in [-0.3, -0.25) is 9.59 Å². The summed E-state index contributed by atoms with van der Waals surface area (Å²) in [7, 11) is 1.59. The fourth-order valence-corrected chi connectivity index (χ4v) is 4.64. The van der Waals surface area contributed by atoms with Gasteiger partial charge < -0.3 is 23.6 Å². The Kier molecular flexibility index (Phi) is 4.15. The molecule has 0 saturated carbocycles. The normalized spacial score (nSPS) is 19.7. The van der Waals surface area contributed by atoms with Gasteiger partial charge in [0.05, 0.1) is 25.0 Å². The zero-order chi connectivity index (χ0) is 21.8. The highest BCUT2D eigenvalue weighted by Gasteiger charge is 2.56. The number of amides is 2. The van der Waals surface area contributed by atoms with Crippen LogP contribution in [0.3, 0.4) is 0 Å². The van der Waals surface area contributed by atoms with Gasteiger partial charge >= 0.3 is 0 Å². The molecule has 1 atom stereocenters. The number of fused-ring (bicyclic) bond motifs is 2. The second-order valence-corrected chi connectivity index (χ2v) is 7.61. The molecule has 2 aliphatic heterocycles. The number of hydrogen-bond acceptors (Lipinski definition) is 5. The van der Waals surface area contributed by atoms with Crippen molar-refractivity contribution < 1.29 is 18.8 Å². The maximum Gasteiger partial charge on any atom is 0.272 e. The average Bonchev–Trinajstić information content (AvgIpc) is 3.50. The van der Waals surface area contributed by atoms with E-state index in [0.717, 1.165) is 5.56 Å². The Morgan fingerprint density at radius 2 is 2.00 bits per heavy atom. The number of aromatic nitrogens is 2. The molecule has 8 nitrogen and oxygen atoms in total. The van der Waals surface area contributed by atoms with Crippen molar-refractivity contribution >= 4 is 11.8 Å². The van der Waals surface area contributed by atoms with Crippen LogP contribution in [-0.4, -0.2) is 51.5 Å². The second-order valence-electron chi connectivity index (χ2n) is 7.61. The molecule has 0 aliphatic carbocycles. The van der Waals surface area contributed by atoms with Crippen molar-refractivity contribution in [2.24, 2.45) is 0 Å². The molecular formula is C23H20N4O4. The van der Waals surface area contributed by atoms with Crippen molar-refractivity contribution in [3.05, 3.63) is 70.9 Å². The van der Waals surface area contributed by atoms with E-state index in [1.165, 1.54) is 6.26 Å². The molecule has 0 radical (unpaired) electrons. The van der Waals surface area contributed by atoms with Crippen molar-refractivity contribution in [1.29, 1.82) is 0 Å². The van der Waals surface area contributed by atoms with Crippen molar-refractivity contribution in [3.8, 4) is 18.1 Å². The molecular weight excluding hydrogens is 396 g/mol. The van der Waals surface area contributed by atoms with Crippen LogP contribution in [0.5, 0.6) is 5.75 Å². The first-order valence-corrected chi connectivity index (χ1v) is 9.87. The fourth-order valence-electron chi connectivity index (χ4n) is 4.64. The smallest absolute Gasteiger partial charge is 0.272 e. The van der Waals surface area contributed by atoms with E-state index in [4.69, 9.17) is 15.7 Å². The van der Waals surface area contributed by atoms with E-state index in [1.807, 2.05) is 28.8 Å². The summed E-state index contributed by atoms with van der Waals surface area (Å²) < 4.78 is 12.1. The number of benzene rings is 1. The van der Waals surface area contributed by atoms with Crippen LogP contribution >= 0.6 is 0 Å². The molecule has 31 heavy (non-hydrogen) atoms. The van der Waals surface area contributed by atoms with Gasteiger partial charge in [0.1, 0.15) is 23.3 Å². The largest absolute Gasteiger partial charge is 0.497 e. The number of nitrogens with zero attached hydrogens (tertiary/aromatic N) is 4. The zero-order valence-electron chi connectivity index (χ0n) is 17.2. The molecule has 156 valence electrons. The molecule has 2 amide bonds. The lowest BCUT2D eigenvalue weighted by Crippen LogP contribution is -2.60. The molecule has 5 rings (SSSR count). The van der Waals surface area contributed by atoms with Crippen LogP contribution in [0.2, 0.25) is 0 Å². The van der Waals surface area contributed by atoms with Crippen LogP contribution in [0.15, 0.2) is 47.2 Å². The van der Waals surface area contributed by atoms with Gasteiger partial charge in [0, 0.05) is 18.7 Å². The van der Waals surface area contributed by atoms with Crippen molar-refractivity contribution in [2.45, 2.75) is 19.1 Å². The molecule has 4 heterocycles. The highest BCUT2D eigenvalue weighted by molar-refractivity contribution is 5.99. The summed E-state index contributed by atoms with van der Waals surface area (Å²) in [5.74, 6) is 2.92. The number of methoxy groups -OCH3 is 1. The standard InChI is InChI=1S/C23H20N4O4/c1-4-17-7-10-20-22(29)27-12-11-26(21(28)19-13-31-24-15(19)2)23(27,14-25(17)20)16-5-8-18(30-3)9-6-16/h1,5-10,13H,11-12,14H2,2-3H3. The molecule has 1 fully saturated rings. The van der Waals surface area contributed by atoms with Crippen molar-refractivity contribution in [1.82, 2.24) is 19.5 Å². The highest BCUT2D eigenvalue weighted by Crippen LogP contribution is 2.44. The molecule has 2 aromatic heterocycles. The zero-order valence-corrected chi connectivity index (χ0v) is 17.2. The van der Waals surface area contributed by atoms with Crippen LogP contribution in [0.4, 0.5) is 0 Å². The molecule has 0 spiro atoms. The van der Waals surface area contributed by atoms with Crippen LogP contribution < -0.4 is 4.74 Å². The summed E-state index contributed by atoms with van der Waals surface area (Å²) >= 11 is 0. The Balaban J connectivity index is 1.72. The third-order valence-electron chi connectivity index (χ3n) is 6.19. The van der Waals surface area contributed by atoms with Crippen molar-refractivity contribution in [3.63, 3.8) is 0 Å². The predicted octanol–water partition coefficient (Wildman–Crippen LogP) is 2.24. The predicted molar refractivity (Wildman–Crippen MR) is 110 cm³/mol. The van der Waals surface area contributed by atoms with Gasteiger partial charge in [0.2, 0.25) is 0 Å². The lowest BCUT2D eigenvalue weighted by Gasteiger charge is -2.47. The van der Waals surface area contributed by atoms with Crippen LogP contribution in [-0.2, 0) is 12.2 Å². The maximum absolute atomic E-state index is 13.6. The minimum absolute atomic E-state index is 0.166. The Morgan fingerprint density at radius 3 is 2.65 bits per heavy atom. The Hall–Kier alpha value is -3.99. The number of carbonyl (C=O) groups is 2. The van der Waals surface area contributed by atoms with Crippen LogP contribution in [0.25, 0.3) is 0 Å². The monoisotopic (exact) mass is 416 g/mol. The molecule has 1 unspecified atom stereocenters. The van der Waals surface area contributed by atoms with Gasteiger partial charge in [-0.05, 0) is 31.2 Å². The summed E-state index contributed by atoms with van der Waals surface area (Å²) in [5.41, 5.74) is 1.74. The summed E-state index contributed by atoms with van der Waals surface area (Å²) in [4.78, 5) is 30.6. The minimum atomic E-state index is -1.04. The fraction of sp³-hybridized carbons (Fsp3) is 0.261. The Labute approximate surface area is 179 Å². The van der Waals surface area contributed by atoms with E-state index in [1.54, 1.807) is 36.0 Å². The molecule has 1 aromatic carbocycles. The summed E-state index contributed by atoms with van der Waals surface area (Å²) in [6, 6.07) is 10.9. The number of terminal acetylenes is 1. The lowest BCUT2D eigenvalue weighted by molar-refractivity contribution is -0.00613. The number of aryl methyl sites for hydroxylation is 1. The second kappa shape index (κ2) is 6.77. The first-order chi connectivity index (χ1) is 15.0. The van der Waals surface area contributed by atoms with E-state index in [0.29, 0.717) is 48.0 Å². The number of rotatable bonds is 3. The summed E-state index contributed by atoms with van der Waals surface area (Å²) in [5, 5.41) is 3.85. The average molecular weight is 416 g/mol. The molecule has 8 heteroatoms. The first kappa shape index (κ1) is 19.0. The topological polar surface area (TPSA) is 80.8 Å². The minimum Gasteiger partial charge on any atom is -0.497 e. The molecule has 0 bridgehead atoms. The lowest BCUT2D eigenvalue weighted by atomic mass is 9.93. The van der Waals surface area contributed by atoms with E-state index in [2.05, 4.69) is 11.1 Å². The van der Waals surface area contributed by atoms with E-state index >= 15 is 0 Å². The van der Waals surface area contributed by atoms with E-state index in [-0.39, 0.29) is 11.8 Å². The molecule has 1 saturated heterocycles. The Morgan fingerprint density at radius 1 is 1.23 bits per heavy atom. The molecule has 0 N–H and O–H groups in total. The third kappa shape index (κ3) is 2.53. The molecule has 2 aliphatic rings. The van der Waals surface area contributed by atoms with Crippen molar-refractivity contribution in [2.75, 3.05) is 20.2 Å². The summed E-state index contributed by atoms with van der Waals surface area (Å²) in [6.45, 7) is 2.81. The van der Waals surface area contributed by atoms with Gasteiger partial charge in [-0.15, -0.1) is 6.42 Å². The maximum atomic E-state index is 13.6. The van der Waals surface area contributed by atoms with Gasteiger partial charge in [0.15, 0.2) is 5.66 Å². The van der Waals surface area contributed by atoms with Gasteiger partial charge in [-0.1, -0.05) is 23.2 Å². The SMILES string of the molecule is C#Cc1ccc2n1CC1(c3ccc(OC)cc3)N(C(=O)c3conc3C)CCN1C2=O. The molecule has 3 aromatic rings. The van der Waals surface area contributed by atoms with Gasteiger partial charge in [-0.2, -0.15) is 0 Å². The number of hydrogen-bond donors (Lipinski definition) is 0. The first-order valence-electron chi connectivity index (χ1n) is 9.87. The third-order valence-corrected chi connectivity index (χ3v) is 6.19. The number of ether oxygens (including phenoxy) is 1. The number of carbonyl (C=O) groups excluding carboxylic acids is 2.